The van der Waals surface area contributed by atoms with E-state index in [-0.39, 0.29) is 0 Å². The van der Waals surface area contributed by atoms with Gasteiger partial charge < -0.3 is 10.6 Å². The highest BCUT2D eigenvalue weighted by molar-refractivity contribution is 5.69. The van der Waals surface area contributed by atoms with Crippen LogP contribution in [0.25, 0.3) is 11.1 Å². The van der Waals surface area contributed by atoms with Gasteiger partial charge in [0.25, 0.3) is 0 Å². The molecule has 5 heteroatoms. The maximum Gasteiger partial charge on any atom is 0.416 e. The van der Waals surface area contributed by atoms with Gasteiger partial charge in [0.2, 0.25) is 0 Å². The fraction of sp³-hybridized carbons (Fsp3) is 0.478. The van der Waals surface area contributed by atoms with Gasteiger partial charge >= 0.3 is 6.18 Å². The number of hydrogen-bond donors (Lipinski definition) is 2. The van der Waals surface area contributed by atoms with E-state index in [1.165, 1.54) is 37.8 Å². The van der Waals surface area contributed by atoms with Crippen molar-refractivity contribution in [1.82, 2.24) is 10.6 Å². The molecule has 28 heavy (non-hydrogen) atoms. The number of nitrogens with one attached hydrogen (secondary N) is 2. The van der Waals surface area contributed by atoms with Gasteiger partial charge in [-0.15, -0.1) is 0 Å². The van der Waals surface area contributed by atoms with E-state index >= 15 is 0 Å². The molecule has 4 rings (SSSR count). The second-order valence-electron chi connectivity index (χ2n) is 8.12. The largest absolute Gasteiger partial charge is 0.416 e. The van der Waals surface area contributed by atoms with E-state index in [0.717, 1.165) is 23.6 Å². The van der Waals surface area contributed by atoms with Gasteiger partial charge in [-0.3, -0.25) is 0 Å². The first kappa shape index (κ1) is 19.5. The van der Waals surface area contributed by atoms with Crippen LogP contribution in [0, 0.1) is 0 Å². The van der Waals surface area contributed by atoms with E-state index in [1.807, 2.05) is 25.2 Å². The van der Waals surface area contributed by atoms with Crippen molar-refractivity contribution in [2.45, 2.75) is 62.3 Å². The van der Waals surface area contributed by atoms with Crippen molar-refractivity contribution >= 4 is 0 Å². The first-order valence-electron chi connectivity index (χ1n) is 10.2. The Balaban J connectivity index is 1.48. The highest BCUT2D eigenvalue weighted by atomic mass is 19.4. The predicted molar refractivity (Wildman–Crippen MR) is 106 cm³/mol. The molecule has 2 aliphatic carbocycles. The maximum absolute atomic E-state index is 13.1. The molecule has 2 N–H and O–H groups in total. The summed E-state index contributed by atoms with van der Waals surface area (Å²) in [6.07, 6.45) is 1.51. The van der Waals surface area contributed by atoms with E-state index in [0.29, 0.717) is 29.6 Å². The topological polar surface area (TPSA) is 24.1 Å². The van der Waals surface area contributed by atoms with Crippen LogP contribution in [-0.2, 0) is 6.18 Å². The first-order chi connectivity index (χ1) is 13.5. The SMILES string of the molecule is CNC1CCC(N[C@@H]2C[C@H]2c2ccccc2-c2cccc(C(F)(F)F)c2)CC1. The molecule has 0 saturated heterocycles. The van der Waals surface area contributed by atoms with Crippen LogP contribution >= 0.6 is 0 Å². The van der Waals surface area contributed by atoms with Crippen molar-refractivity contribution in [1.29, 1.82) is 0 Å². The third-order valence-electron chi connectivity index (χ3n) is 6.24. The van der Waals surface area contributed by atoms with Crippen molar-refractivity contribution in [2.24, 2.45) is 0 Å². The fourth-order valence-electron chi connectivity index (χ4n) is 4.52. The molecule has 0 bridgehead atoms. The summed E-state index contributed by atoms with van der Waals surface area (Å²) in [6, 6.07) is 15.2. The second kappa shape index (κ2) is 7.88. The molecular weight excluding hydrogens is 361 g/mol. The van der Waals surface area contributed by atoms with Crippen LogP contribution in [0.15, 0.2) is 48.5 Å². The summed E-state index contributed by atoms with van der Waals surface area (Å²) in [6.45, 7) is 0. The Kier molecular flexibility index (Phi) is 5.48. The van der Waals surface area contributed by atoms with E-state index in [1.54, 1.807) is 6.07 Å². The average Bonchev–Trinajstić information content (AvgIpc) is 3.47. The molecule has 2 atom stereocenters. The Morgan fingerprint density at radius 2 is 1.61 bits per heavy atom. The van der Waals surface area contributed by atoms with E-state index in [9.17, 15) is 13.2 Å². The van der Waals surface area contributed by atoms with Crippen LogP contribution in [0.2, 0.25) is 0 Å². The number of benzene rings is 2. The monoisotopic (exact) mass is 388 g/mol. The molecule has 2 aliphatic rings. The maximum atomic E-state index is 13.1. The molecule has 0 radical (unpaired) electrons. The zero-order valence-electron chi connectivity index (χ0n) is 16.1. The zero-order chi connectivity index (χ0) is 19.7. The zero-order valence-corrected chi connectivity index (χ0v) is 16.1. The highest BCUT2D eigenvalue weighted by Crippen LogP contribution is 2.46. The summed E-state index contributed by atoms with van der Waals surface area (Å²) in [5.74, 6) is 0.382. The molecule has 0 aromatic heterocycles. The van der Waals surface area contributed by atoms with Gasteiger partial charge in [0.15, 0.2) is 0 Å². The van der Waals surface area contributed by atoms with Crippen molar-refractivity contribution in [3.63, 3.8) is 0 Å². The van der Waals surface area contributed by atoms with Crippen LogP contribution in [0.5, 0.6) is 0 Å². The third kappa shape index (κ3) is 4.26. The lowest BCUT2D eigenvalue weighted by Crippen LogP contribution is -2.39. The summed E-state index contributed by atoms with van der Waals surface area (Å²) < 4.78 is 39.3. The van der Waals surface area contributed by atoms with Crippen LogP contribution in [-0.4, -0.2) is 25.2 Å². The Morgan fingerprint density at radius 1 is 0.893 bits per heavy atom. The quantitative estimate of drug-likeness (QED) is 0.722. The minimum absolute atomic E-state index is 0.382. The van der Waals surface area contributed by atoms with Crippen molar-refractivity contribution in [3.8, 4) is 11.1 Å². The molecule has 0 spiro atoms. The minimum atomic E-state index is -4.32. The molecule has 0 heterocycles. The van der Waals surface area contributed by atoms with Gasteiger partial charge in [0.1, 0.15) is 0 Å². The Labute approximate surface area is 164 Å². The Bertz CT molecular complexity index is 809. The van der Waals surface area contributed by atoms with Crippen LogP contribution < -0.4 is 10.6 Å². The Morgan fingerprint density at radius 3 is 2.32 bits per heavy atom. The third-order valence-corrected chi connectivity index (χ3v) is 6.24. The molecule has 2 saturated carbocycles. The molecule has 150 valence electrons. The lowest BCUT2D eigenvalue weighted by molar-refractivity contribution is -0.137. The van der Waals surface area contributed by atoms with Gasteiger partial charge in [-0.2, -0.15) is 13.2 Å². The molecule has 0 aliphatic heterocycles. The van der Waals surface area contributed by atoms with E-state index in [2.05, 4.69) is 16.7 Å². The van der Waals surface area contributed by atoms with Gasteiger partial charge in [-0.1, -0.05) is 36.4 Å². The van der Waals surface area contributed by atoms with Gasteiger partial charge in [-0.25, -0.2) is 0 Å². The first-order valence-corrected chi connectivity index (χ1v) is 10.2. The smallest absolute Gasteiger partial charge is 0.317 e. The lowest BCUT2D eigenvalue weighted by atomic mass is 9.91. The van der Waals surface area contributed by atoms with Crippen molar-refractivity contribution < 1.29 is 13.2 Å². The number of hydrogen-bond acceptors (Lipinski definition) is 2. The number of rotatable bonds is 5. The van der Waals surface area contributed by atoms with E-state index in [4.69, 9.17) is 0 Å². The predicted octanol–water partition coefficient (Wildman–Crippen LogP) is 5.35. The summed E-state index contributed by atoms with van der Waals surface area (Å²) in [5, 5.41) is 7.15. The standard InChI is InChI=1S/C23H27F3N2/c1-27-17-9-11-18(12-10-17)28-22-14-21(22)20-8-3-2-7-19(20)15-5-4-6-16(13-15)23(24,25)26/h2-8,13,17-18,21-22,27-28H,9-12,14H2,1H3/t17?,18?,21-,22+/m0/s1. The van der Waals surface area contributed by atoms with Gasteiger partial charge in [0.05, 0.1) is 5.56 Å². The highest BCUT2D eigenvalue weighted by Gasteiger charge is 2.41. The molecule has 2 nitrogen and oxygen atoms in total. The molecular formula is C23H27F3N2. The fourth-order valence-corrected chi connectivity index (χ4v) is 4.52. The molecule has 2 fully saturated rings. The van der Waals surface area contributed by atoms with Crippen LogP contribution in [0.1, 0.15) is 49.1 Å². The van der Waals surface area contributed by atoms with Crippen molar-refractivity contribution in [2.75, 3.05) is 7.05 Å². The summed E-state index contributed by atoms with van der Waals surface area (Å²) in [5.41, 5.74) is 2.13. The molecule has 2 aromatic carbocycles. The number of alkyl halides is 3. The van der Waals surface area contributed by atoms with Gasteiger partial charge in [-0.05, 0) is 68.0 Å². The molecule has 0 amide bonds. The van der Waals surface area contributed by atoms with E-state index < -0.39 is 11.7 Å². The van der Waals surface area contributed by atoms with Crippen LogP contribution in [0.3, 0.4) is 0 Å². The number of halogens is 3. The van der Waals surface area contributed by atoms with Gasteiger partial charge in [0, 0.05) is 24.0 Å². The summed E-state index contributed by atoms with van der Waals surface area (Å²) in [7, 11) is 2.03. The average molecular weight is 388 g/mol. The van der Waals surface area contributed by atoms with Crippen LogP contribution in [0.4, 0.5) is 13.2 Å². The Hall–Kier alpha value is -1.85. The summed E-state index contributed by atoms with van der Waals surface area (Å²) >= 11 is 0. The van der Waals surface area contributed by atoms with Crippen molar-refractivity contribution in [3.05, 3.63) is 59.7 Å². The molecule has 2 aromatic rings. The lowest BCUT2D eigenvalue weighted by Gasteiger charge is -2.29. The summed E-state index contributed by atoms with van der Waals surface area (Å²) in [4.78, 5) is 0. The second-order valence-corrected chi connectivity index (χ2v) is 8.12. The normalized spacial score (nSPS) is 27.6. The minimum Gasteiger partial charge on any atom is -0.317 e. The molecule has 0 unspecified atom stereocenters.